The van der Waals surface area contributed by atoms with E-state index in [1.54, 1.807) is 13.8 Å². The molecule has 4 heteroatoms. The minimum Gasteiger partial charge on any atom is -0.465 e. The zero-order valence-corrected chi connectivity index (χ0v) is 7.44. The van der Waals surface area contributed by atoms with E-state index in [0.29, 0.717) is 6.61 Å². The summed E-state index contributed by atoms with van der Waals surface area (Å²) < 4.78 is 4.66. The van der Waals surface area contributed by atoms with Crippen molar-refractivity contribution in [2.24, 2.45) is 0 Å². The summed E-state index contributed by atoms with van der Waals surface area (Å²) in [6.45, 7) is 6.82. The molecule has 63 valence electrons. The first-order valence-electron chi connectivity index (χ1n) is 3.27. The fourth-order valence-electron chi connectivity index (χ4n) is 0.505. The quantitative estimate of drug-likeness (QED) is 0.601. The highest BCUT2D eigenvalue weighted by Gasteiger charge is 2.15. The van der Waals surface area contributed by atoms with Crippen molar-refractivity contribution in [3.05, 3.63) is 6.92 Å². The van der Waals surface area contributed by atoms with Crippen LogP contribution in [0.3, 0.4) is 0 Å². The highest BCUT2D eigenvalue weighted by atomic mass is 32.2. The molecular weight excluding hydrogens is 164 g/mol. The first-order valence-corrected chi connectivity index (χ1v) is 4.15. The van der Waals surface area contributed by atoms with Crippen molar-refractivity contribution >= 4 is 22.8 Å². The molecular formula is C7H11O3S. The molecule has 1 atom stereocenters. The van der Waals surface area contributed by atoms with Crippen molar-refractivity contribution in [3.63, 3.8) is 0 Å². The fraction of sp³-hybridized carbons (Fsp3) is 0.571. The number of hydrogen-bond donors (Lipinski definition) is 0. The molecule has 3 nitrogen and oxygen atoms in total. The molecule has 0 spiro atoms. The van der Waals surface area contributed by atoms with Crippen LogP contribution in [0, 0.1) is 6.92 Å². The average molecular weight is 175 g/mol. The van der Waals surface area contributed by atoms with Gasteiger partial charge in [-0.25, -0.2) is 0 Å². The van der Waals surface area contributed by atoms with E-state index in [0.717, 1.165) is 11.8 Å². The molecule has 0 aliphatic carbocycles. The lowest BCUT2D eigenvalue weighted by molar-refractivity contribution is -0.142. The molecule has 0 N–H and O–H groups in total. The standard InChI is InChI=1S/C7H11O3S/c1-4-10-7(9)5(2)11-6(3)8/h5H,3-4H2,1-2H3. The van der Waals surface area contributed by atoms with Crippen LogP contribution in [0.4, 0.5) is 0 Å². The maximum atomic E-state index is 10.9. The summed E-state index contributed by atoms with van der Waals surface area (Å²) in [4.78, 5) is 21.3. The van der Waals surface area contributed by atoms with E-state index < -0.39 is 5.25 Å². The highest BCUT2D eigenvalue weighted by Crippen LogP contribution is 2.11. The maximum absolute atomic E-state index is 10.9. The molecule has 0 aromatic heterocycles. The molecule has 0 amide bonds. The SMILES string of the molecule is [CH2]C(=O)SC(C)C(=O)OCC. The van der Waals surface area contributed by atoms with E-state index >= 15 is 0 Å². The molecule has 1 radical (unpaired) electrons. The monoisotopic (exact) mass is 175 g/mol. The number of hydrogen-bond acceptors (Lipinski definition) is 4. The largest absolute Gasteiger partial charge is 0.465 e. The van der Waals surface area contributed by atoms with Crippen molar-refractivity contribution in [2.45, 2.75) is 19.1 Å². The zero-order chi connectivity index (χ0) is 8.85. The first-order chi connectivity index (χ1) is 5.07. The Morgan fingerprint density at radius 3 is 2.55 bits per heavy atom. The predicted molar refractivity (Wildman–Crippen MR) is 44.1 cm³/mol. The van der Waals surface area contributed by atoms with Gasteiger partial charge in [-0.15, -0.1) is 0 Å². The maximum Gasteiger partial charge on any atom is 0.319 e. The molecule has 0 rings (SSSR count). The van der Waals surface area contributed by atoms with Crippen molar-refractivity contribution < 1.29 is 14.3 Å². The third-order valence-electron chi connectivity index (χ3n) is 0.927. The molecule has 11 heavy (non-hydrogen) atoms. The summed E-state index contributed by atoms with van der Waals surface area (Å²) >= 11 is 0.878. The number of thioether (sulfide) groups is 1. The van der Waals surface area contributed by atoms with Crippen LogP contribution in [-0.2, 0) is 14.3 Å². The van der Waals surface area contributed by atoms with Crippen LogP contribution in [0.2, 0.25) is 0 Å². The van der Waals surface area contributed by atoms with Gasteiger partial charge in [0, 0.05) is 6.92 Å². The Labute approximate surface area is 70.5 Å². The predicted octanol–water partition coefficient (Wildman–Crippen LogP) is 1.03. The number of carbonyl (C=O) groups excluding carboxylic acids is 2. The van der Waals surface area contributed by atoms with E-state index in [1.165, 1.54) is 0 Å². The summed E-state index contributed by atoms with van der Waals surface area (Å²) in [7, 11) is 0. The fourth-order valence-corrected chi connectivity index (χ4v) is 1.06. The van der Waals surface area contributed by atoms with Crippen LogP contribution in [0.15, 0.2) is 0 Å². The summed E-state index contributed by atoms with van der Waals surface area (Å²) in [6.07, 6.45) is 0. The van der Waals surface area contributed by atoms with E-state index in [2.05, 4.69) is 11.7 Å². The van der Waals surface area contributed by atoms with Gasteiger partial charge in [0.2, 0.25) is 0 Å². The van der Waals surface area contributed by atoms with Gasteiger partial charge in [-0.2, -0.15) is 0 Å². The zero-order valence-electron chi connectivity index (χ0n) is 6.62. The Morgan fingerprint density at radius 1 is 1.64 bits per heavy atom. The number of rotatable bonds is 3. The molecule has 0 saturated carbocycles. The lowest BCUT2D eigenvalue weighted by atomic mass is 10.5. The minimum absolute atomic E-state index is 0.314. The molecule has 0 bridgehead atoms. The molecule has 0 aliphatic heterocycles. The van der Waals surface area contributed by atoms with Crippen molar-refractivity contribution in [2.75, 3.05) is 6.61 Å². The van der Waals surface area contributed by atoms with Gasteiger partial charge >= 0.3 is 5.97 Å². The number of ether oxygens (including phenoxy) is 1. The van der Waals surface area contributed by atoms with Crippen LogP contribution in [0.1, 0.15) is 13.8 Å². The van der Waals surface area contributed by atoms with E-state index in [-0.39, 0.29) is 11.1 Å². The van der Waals surface area contributed by atoms with Crippen molar-refractivity contribution in [3.8, 4) is 0 Å². The third-order valence-corrected chi connectivity index (χ3v) is 1.74. The van der Waals surface area contributed by atoms with Crippen molar-refractivity contribution in [1.82, 2.24) is 0 Å². The highest BCUT2D eigenvalue weighted by molar-refractivity contribution is 8.14. The lowest BCUT2D eigenvalue weighted by Gasteiger charge is -2.06. The van der Waals surface area contributed by atoms with Crippen LogP contribution in [0.25, 0.3) is 0 Å². The molecule has 0 aromatic rings. The summed E-state index contributed by atoms with van der Waals surface area (Å²) in [5, 5.41) is -0.759. The van der Waals surface area contributed by atoms with Gasteiger partial charge < -0.3 is 4.74 Å². The normalized spacial score (nSPS) is 12.3. The second-order valence-electron chi connectivity index (χ2n) is 1.88. The van der Waals surface area contributed by atoms with Crippen LogP contribution < -0.4 is 0 Å². The van der Waals surface area contributed by atoms with Crippen LogP contribution in [-0.4, -0.2) is 22.9 Å². The first kappa shape index (κ1) is 10.5. The van der Waals surface area contributed by atoms with Gasteiger partial charge in [0.1, 0.15) is 5.25 Å². The second kappa shape index (κ2) is 5.18. The minimum atomic E-state index is -0.444. The summed E-state index contributed by atoms with van der Waals surface area (Å²) in [5.41, 5.74) is 0. The van der Waals surface area contributed by atoms with E-state index in [4.69, 9.17) is 0 Å². The number of esters is 1. The summed E-state index contributed by atoms with van der Waals surface area (Å²) in [5.74, 6) is -0.366. The van der Waals surface area contributed by atoms with Gasteiger partial charge in [-0.3, -0.25) is 9.59 Å². The van der Waals surface area contributed by atoms with Crippen LogP contribution >= 0.6 is 11.8 Å². The molecule has 0 fully saturated rings. The van der Waals surface area contributed by atoms with Gasteiger partial charge in [0.25, 0.3) is 0 Å². The Bertz CT molecular complexity index is 156. The number of carbonyl (C=O) groups is 2. The van der Waals surface area contributed by atoms with Gasteiger partial charge in [-0.1, -0.05) is 11.8 Å². The van der Waals surface area contributed by atoms with Gasteiger partial charge in [0.15, 0.2) is 5.12 Å². The van der Waals surface area contributed by atoms with Gasteiger partial charge in [-0.05, 0) is 13.8 Å². The van der Waals surface area contributed by atoms with Crippen molar-refractivity contribution in [1.29, 1.82) is 0 Å². The topological polar surface area (TPSA) is 43.4 Å². The Morgan fingerprint density at radius 2 is 2.18 bits per heavy atom. The second-order valence-corrected chi connectivity index (χ2v) is 3.28. The smallest absolute Gasteiger partial charge is 0.319 e. The Balaban J connectivity index is 3.73. The molecule has 0 aromatic carbocycles. The third kappa shape index (κ3) is 4.84. The average Bonchev–Trinajstić information content (AvgIpc) is 1.86. The summed E-state index contributed by atoms with van der Waals surface area (Å²) in [6, 6.07) is 0. The van der Waals surface area contributed by atoms with E-state index in [9.17, 15) is 9.59 Å². The van der Waals surface area contributed by atoms with E-state index in [1.807, 2.05) is 0 Å². The molecule has 0 saturated heterocycles. The van der Waals surface area contributed by atoms with Crippen LogP contribution in [0.5, 0.6) is 0 Å². The Hall–Kier alpha value is -0.510. The van der Waals surface area contributed by atoms with Gasteiger partial charge in [0.05, 0.1) is 6.61 Å². The molecule has 1 unspecified atom stereocenters. The lowest BCUT2D eigenvalue weighted by Crippen LogP contribution is -2.17. The Kier molecular flexibility index (Phi) is 4.94. The molecule has 0 heterocycles. The molecule has 0 aliphatic rings.